The van der Waals surface area contributed by atoms with Gasteiger partial charge in [0, 0.05) is 0 Å². The first kappa shape index (κ1) is 21.7. The zero-order valence-electron chi connectivity index (χ0n) is 14.6. The molecule has 0 aromatic carbocycles. The molecule has 0 rings (SSSR count). The van der Waals surface area contributed by atoms with Gasteiger partial charge in [0.2, 0.25) is 0 Å². The fourth-order valence-electron chi connectivity index (χ4n) is 2.65. The highest BCUT2D eigenvalue weighted by atomic mass is 35.5. The predicted molar refractivity (Wildman–Crippen MR) is 93.3 cm³/mol. The summed E-state index contributed by atoms with van der Waals surface area (Å²) in [7, 11) is 1.38. The molecule has 0 aromatic heterocycles. The van der Waals surface area contributed by atoms with Crippen LogP contribution in [0.2, 0.25) is 0 Å². The summed E-state index contributed by atoms with van der Waals surface area (Å²) in [6.07, 6.45) is 15.9. The van der Waals surface area contributed by atoms with Gasteiger partial charge in [-0.3, -0.25) is 0 Å². The lowest BCUT2D eigenvalue weighted by Gasteiger charge is -2.13. The van der Waals surface area contributed by atoms with E-state index in [-0.39, 0.29) is 12.0 Å². The standard InChI is InChI=1S/C18H35ClO3/c1-3-4-5-6-7-8-9-10-11-12-13-14-15-17(22-16-19)18(20)21-2/h17H,3-16H2,1-2H3. The molecule has 0 aliphatic carbocycles. The van der Waals surface area contributed by atoms with Crippen LogP contribution in [0.3, 0.4) is 0 Å². The molecule has 0 N–H and O–H groups in total. The smallest absolute Gasteiger partial charge is 0.335 e. The predicted octanol–water partition coefficient (Wildman–Crippen LogP) is 5.83. The van der Waals surface area contributed by atoms with E-state index in [0.29, 0.717) is 6.42 Å². The second kappa shape index (κ2) is 17.1. The van der Waals surface area contributed by atoms with Crippen LogP contribution in [0.25, 0.3) is 0 Å². The third-order valence-electron chi connectivity index (χ3n) is 4.05. The summed E-state index contributed by atoms with van der Waals surface area (Å²) in [4.78, 5) is 11.4. The van der Waals surface area contributed by atoms with Crippen LogP contribution in [0.15, 0.2) is 0 Å². The molecular weight excluding hydrogens is 300 g/mol. The molecule has 0 aromatic rings. The van der Waals surface area contributed by atoms with E-state index >= 15 is 0 Å². The average Bonchev–Trinajstić information content (AvgIpc) is 2.54. The van der Waals surface area contributed by atoms with Gasteiger partial charge in [-0.05, 0) is 6.42 Å². The van der Waals surface area contributed by atoms with Crippen LogP contribution in [-0.4, -0.2) is 25.2 Å². The number of carbonyl (C=O) groups is 1. The monoisotopic (exact) mass is 334 g/mol. The van der Waals surface area contributed by atoms with Crippen molar-refractivity contribution in [1.29, 1.82) is 0 Å². The largest absolute Gasteiger partial charge is 0.467 e. The van der Waals surface area contributed by atoms with E-state index < -0.39 is 6.10 Å². The molecule has 3 nitrogen and oxygen atoms in total. The van der Waals surface area contributed by atoms with Gasteiger partial charge in [-0.1, -0.05) is 95.6 Å². The van der Waals surface area contributed by atoms with E-state index in [4.69, 9.17) is 21.1 Å². The summed E-state index contributed by atoms with van der Waals surface area (Å²) < 4.78 is 9.89. The molecule has 0 heterocycles. The van der Waals surface area contributed by atoms with Crippen molar-refractivity contribution in [2.75, 3.05) is 13.2 Å². The molecule has 0 amide bonds. The van der Waals surface area contributed by atoms with Gasteiger partial charge in [0.15, 0.2) is 6.10 Å². The average molecular weight is 335 g/mol. The highest BCUT2D eigenvalue weighted by Gasteiger charge is 2.18. The number of alkyl halides is 1. The van der Waals surface area contributed by atoms with Crippen molar-refractivity contribution in [2.24, 2.45) is 0 Å². The molecule has 1 atom stereocenters. The van der Waals surface area contributed by atoms with E-state index in [1.165, 1.54) is 71.3 Å². The van der Waals surface area contributed by atoms with Crippen LogP contribution in [0.1, 0.15) is 90.4 Å². The second-order valence-corrected chi connectivity index (χ2v) is 6.18. The maximum absolute atomic E-state index is 11.4. The Morgan fingerprint density at radius 1 is 0.864 bits per heavy atom. The Morgan fingerprint density at radius 3 is 1.73 bits per heavy atom. The lowest BCUT2D eigenvalue weighted by Crippen LogP contribution is -2.25. The zero-order valence-corrected chi connectivity index (χ0v) is 15.3. The number of rotatable bonds is 16. The van der Waals surface area contributed by atoms with Gasteiger partial charge in [-0.25, -0.2) is 4.79 Å². The van der Waals surface area contributed by atoms with Gasteiger partial charge in [-0.2, -0.15) is 0 Å². The fourth-order valence-corrected chi connectivity index (χ4v) is 2.80. The molecule has 132 valence electrons. The van der Waals surface area contributed by atoms with Crippen LogP contribution in [0, 0.1) is 0 Å². The number of unbranched alkanes of at least 4 members (excludes halogenated alkanes) is 11. The van der Waals surface area contributed by atoms with E-state index in [0.717, 1.165) is 12.8 Å². The molecule has 0 aliphatic heterocycles. The van der Waals surface area contributed by atoms with Crippen molar-refractivity contribution in [1.82, 2.24) is 0 Å². The van der Waals surface area contributed by atoms with Crippen molar-refractivity contribution in [3.05, 3.63) is 0 Å². The quantitative estimate of drug-likeness (QED) is 0.202. The van der Waals surface area contributed by atoms with Crippen LogP contribution >= 0.6 is 11.6 Å². The minimum absolute atomic E-state index is 0.0397. The van der Waals surface area contributed by atoms with Crippen molar-refractivity contribution in [3.63, 3.8) is 0 Å². The minimum atomic E-state index is -0.495. The SMILES string of the molecule is CCCCCCCCCCCCCCC(OCCl)C(=O)OC. The van der Waals surface area contributed by atoms with Crippen molar-refractivity contribution in [2.45, 2.75) is 96.5 Å². The van der Waals surface area contributed by atoms with E-state index in [1.54, 1.807) is 0 Å². The lowest BCUT2D eigenvalue weighted by molar-refractivity contribution is -0.153. The maximum atomic E-state index is 11.4. The summed E-state index contributed by atoms with van der Waals surface area (Å²) in [5.41, 5.74) is 0. The van der Waals surface area contributed by atoms with Crippen molar-refractivity contribution in [3.8, 4) is 0 Å². The zero-order chi connectivity index (χ0) is 16.5. The molecule has 0 saturated carbocycles. The molecule has 0 radical (unpaired) electrons. The molecule has 1 unspecified atom stereocenters. The van der Waals surface area contributed by atoms with Gasteiger partial charge in [0.1, 0.15) is 6.07 Å². The van der Waals surface area contributed by atoms with Gasteiger partial charge >= 0.3 is 5.97 Å². The molecule has 0 spiro atoms. The Bertz CT molecular complexity index is 246. The number of methoxy groups -OCH3 is 1. The summed E-state index contributed by atoms with van der Waals surface area (Å²) in [6.45, 7) is 2.26. The van der Waals surface area contributed by atoms with Gasteiger partial charge < -0.3 is 9.47 Å². The number of halogens is 1. The van der Waals surface area contributed by atoms with Crippen LogP contribution < -0.4 is 0 Å². The summed E-state index contributed by atoms with van der Waals surface area (Å²) in [5.74, 6) is -0.316. The highest BCUT2D eigenvalue weighted by Crippen LogP contribution is 2.14. The van der Waals surface area contributed by atoms with Crippen molar-refractivity contribution >= 4 is 17.6 Å². The fraction of sp³-hybridized carbons (Fsp3) is 0.944. The first-order valence-corrected chi connectivity index (χ1v) is 9.55. The molecule has 0 saturated heterocycles. The number of hydrogen-bond acceptors (Lipinski definition) is 3. The second-order valence-electron chi connectivity index (χ2n) is 5.97. The molecule has 0 fully saturated rings. The number of hydrogen-bond donors (Lipinski definition) is 0. The van der Waals surface area contributed by atoms with Gasteiger partial charge in [-0.15, -0.1) is 0 Å². The molecular formula is C18H35ClO3. The summed E-state index contributed by atoms with van der Waals surface area (Å²) >= 11 is 5.52. The van der Waals surface area contributed by atoms with Crippen LogP contribution in [0.4, 0.5) is 0 Å². The van der Waals surface area contributed by atoms with Crippen LogP contribution in [0.5, 0.6) is 0 Å². The molecule has 0 bridgehead atoms. The van der Waals surface area contributed by atoms with Gasteiger partial charge in [0.25, 0.3) is 0 Å². The Balaban J connectivity index is 3.33. The van der Waals surface area contributed by atoms with E-state index in [1.807, 2.05) is 0 Å². The minimum Gasteiger partial charge on any atom is -0.467 e. The van der Waals surface area contributed by atoms with Crippen LogP contribution in [-0.2, 0) is 14.3 Å². The summed E-state index contributed by atoms with van der Waals surface area (Å²) in [5, 5.41) is 0. The third-order valence-corrected chi connectivity index (χ3v) is 4.17. The first-order chi connectivity index (χ1) is 10.8. The number of carbonyl (C=O) groups excluding carboxylic acids is 1. The van der Waals surface area contributed by atoms with Gasteiger partial charge in [0.05, 0.1) is 7.11 Å². The normalized spacial score (nSPS) is 12.3. The van der Waals surface area contributed by atoms with E-state index in [9.17, 15) is 4.79 Å². The number of ether oxygens (including phenoxy) is 2. The molecule has 4 heteroatoms. The molecule has 22 heavy (non-hydrogen) atoms. The van der Waals surface area contributed by atoms with Crippen molar-refractivity contribution < 1.29 is 14.3 Å². The maximum Gasteiger partial charge on any atom is 0.335 e. The highest BCUT2D eigenvalue weighted by molar-refractivity contribution is 6.17. The molecule has 0 aliphatic rings. The Morgan fingerprint density at radius 2 is 1.32 bits per heavy atom. The Hall–Kier alpha value is -0.280. The number of esters is 1. The first-order valence-electron chi connectivity index (χ1n) is 9.01. The topological polar surface area (TPSA) is 35.5 Å². The third kappa shape index (κ3) is 13.4. The Labute approximate surface area is 142 Å². The Kier molecular flexibility index (Phi) is 16.9. The lowest BCUT2D eigenvalue weighted by atomic mass is 10.0. The van der Waals surface area contributed by atoms with E-state index in [2.05, 4.69) is 6.92 Å². The summed E-state index contributed by atoms with van der Waals surface area (Å²) in [6, 6.07) is 0.0397.